The van der Waals surface area contributed by atoms with Gasteiger partial charge in [0, 0.05) is 6.42 Å². The standard InChI is InChI=1S/C11H11FN2O4/c12-7-3-1-2-4-8(7)13-11(18)14-9(15)5-6-10(16)17/h1-4H,5-6H2,(H,16,17)(H2,13,14,15,18). The quantitative estimate of drug-likeness (QED) is 0.755. The van der Waals surface area contributed by atoms with Crippen molar-refractivity contribution >= 4 is 23.6 Å². The highest BCUT2D eigenvalue weighted by Gasteiger charge is 2.11. The Bertz CT molecular complexity index is 476. The Balaban J connectivity index is 2.45. The Labute approximate surface area is 102 Å². The highest BCUT2D eigenvalue weighted by atomic mass is 19.1. The van der Waals surface area contributed by atoms with Crippen molar-refractivity contribution in [3.8, 4) is 0 Å². The molecule has 0 saturated heterocycles. The lowest BCUT2D eigenvalue weighted by Crippen LogP contribution is -2.34. The minimum atomic E-state index is -1.14. The molecule has 6 nitrogen and oxygen atoms in total. The number of hydrogen-bond acceptors (Lipinski definition) is 3. The maximum Gasteiger partial charge on any atom is 0.325 e. The number of amides is 3. The van der Waals surface area contributed by atoms with Crippen LogP contribution in [-0.4, -0.2) is 23.0 Å². The molecule has 0 bridgehead atoms. The van der Waals surface area contributed by atoms with Crippen molar-refractivity contribution in [3.05, 3.63) is 30.1 Å². The van der Waals surface area contributed by atoms with Gasteiger partial charge in [-0.2, -0.15) is 0 Å². The van der Waals surface area contributed by atoms with Gasteiger partial charge in [-0.15, -0.1) is 0 Å². The van der Waals surface area contributed by atoms with Gasteiger partial charge in [-0.25, -0.2) is 9.18 Å². The molecule has 1 aromatic rings. The van der Waals surface area contributed by atoms with E-state index in [0.29, 0.717) is 0 Å². The number of carboxylic acids is 1. The summed E-state index contributed by atoms with van der Waals surface area (Å²) >= 11 is 0. The number of benzene rings is 1. The van der Waals surface area contributed by atoms with E-state index < -0.39 is 23.7 Å². The highest BCUT2D eigenvalue weighted by Crippen LogP contribution is 2.11. The molecule has 0 aromatic heterocycles. The zero-order valence-corrected chi connectivity index (χ0v) is 9.27. The van der Waals surface area contributed by atoms with Gasteiger partial charge in [-0.3, -0.25) is 14.9 Å². The van der Waals surface area contributed by atoms with Gasteiger partial charge in [0.2, 0.25) is 5.91 Å². The predicted octanol–water partition coefficient (Wildman–Crippen LogP) is 1.34. The molecule has 0 radical (unpaired) electrons. The van der Waals surface area contributed by atoms with Crippen molar-refractivity contribution in [2.45, 2.75) is 12.8 Å². The fraction of sp³-hybridized carbons (Fsp3) is 0.182. The number of imide groups is 1. The third kappa shape index (κ3) is 4.60. The van der Waals surface area contributed by atoms with Crippen LogP contribution in [-0.2, 0) is 9.59 Å². The third-order valence-corrected chi connectivity index (χ3v) is 1.94. The third-order valence-electron chi connectivity index (χ3n) is 1.94. The van der Waals surface area contributed by atoms with Crippen LogP contribution in [0, 0.1) is 5.82 Å². The minimum absolute atomic E-state index is 0.0685. The van der Waals surface area contributed by atoms with Gasteiger partial charge in [0.25, 0.3) is 0 Å². The van der Waals surface area contributed by atoms with Gasteiger partial charge in [-0.05, 0) is 12.1 Å². The van der Waals surface area contributed by atoms with Crippen LogP contribution in [0.3, 0.4) is 0 Å². The lowest BCUT2D eigenvalue weighted by atomic mass is 10.3. The Hall–Kier alpha value is -2.44. The molecule has 1 rings (SSSR count). The van der Waals surface area contributed by atoms with Gasteiger partial charge in [-0.1, -0.05) is 12.1 Å². The number of para-hydroxylation sites is 1. The molecule has 0 aliphatic carbocycles. The smallest absolute Gasteiger partial charge is 0.325 e. The van der Waals surface area contributed by atoms with E-state index in [1.54, 1.807) is 0 Å². The van der Waals surface area contributed by atoms with Crippen LogP contribution in [0.25, 0.3) is 0 Å². The molecule has 96 valence electrons. The second kappa shape index (κ2) is 6.33. The Morgan fingerprint density at radius 1 is 1.17 bits per heavy atom. The van der Waals surface area contributed by atoms with E-state index in [9.17, 15) is 18.8 Å². The Kier molecular flexibility index (Phi) is 4.79. The monoisotopic (exact) mass is 254 g/mol. The van der Waals surface area contributed by atoms with Crippen molar-refractivity contribution in [1.82, 2.24) is 5.32 Å². The number of hydrogen-bond donors (Lipinski definition) is 3. The minimum Gasteiger partial charge on any atom is -0.481 e. The number of anilines is 1. The zero-order chi connectivity index (χ0) is 13.5. The highest BCUT2D eigenvalue weighted by molar-refractivity contribution is 6.01. The number of carbonyl (C=O) groups excluding carboxylic acids is 2. The molecule has 0 fully saturated rings. The van der Waals surface area contributed by atoms with Crippen LogP contribution in [0.1, 0.15) is 12.8 Å². The number of urea groups is 1. The molecule has 0 aliphatic heterocycles. The van der Waals surface area contributed by atoms with Crippen molar-refractivity contribution < 1.29 is 23.9 Å². The number of halogens is 1. The summed E-state index contributed by atoms with van der Waals surface area (Å²) in [4.78, 5) is 32.6. The average molecular weight is 254 g/mol. The summed E-state index contributed by atoms with van der Waals surface area (Å²) in [7, 11) is 0. The summed E-state index contributed by atoms with van der Waals surface area (Å²) < 4.78 is 13.1. The van der Waals surface area contributed by atoms with Crippen LogP contribution in [0.5, 0.6) is 0 Å². The maximum atomic E-state index is 13.1. The van der Waals surface area contributed by atoms with Gasteiger partial charge >= 0.3 is 12.0 Å². The summed E-state index contributed by atoms with van der Waals surface area (Å²) in [5.74, 6) is -2.52. The largest absolute Gasteiger partial charge is 0.481 e. The van der Waals surface area contributed by atoms with E-state index in [0.717, 1.165) is 6.07 Å². The molecule has 3 amide bonds. The maximum absolute atomic E-state index is 13.1. The first-order valence-corrected chi connectivity index (χ1v) is 5.06. The fourth-order valence-electron chi connectivity index (χ4n) is 1.13. The van der Waals surface area contributed by atoms with Crippen molar-refractivity contribution in [2.75, 3.05) is 5.32 Å². The molecule has 7 heteroatoms. The number of carboxylic acid groups (broad SMARTS) is 1. The molecule has 0 atom stereocenters. The molecule has 0 spiro atoms. The first kappa shape index (κ1) is 13.6. The lowest BCUT2D eigenvalue weighted by Gasteiger charge is -2.06. The molecule has 0 unspecified atom stereocenters. The predicted molar refractivity (Wildman–Crippen MR) is 60.4 cm³/mol. The Morgan fingerprint density at radius 2 is 1.83 bits per heavy atom. The van der Waals surface area contributed by atoms with E-state index in [-0.39, 0.29) is 18.5 Å². The lowest BCUT2D eigenvalue weighted by molar-refractivity contribution is -0.138. The summed E-state index contributed by atoms with van der Waals surface area (Å²) in [5.41, 5.74) is -0.0685. The van der Waals surface area contributed by atoms with Crippen molar-refractivity contribution in [1.29, 1.82) is 0 Å². The molecule has 0 heterocycles. The Morgan fingerprint density at radius 3 is 2.44 bits per heavy atom. The summed E-state index contributed by atoms with van der Waals surface area (Å²) in [6, 6.07) is 4.55. The van der Waals surface area contributed by atoms with E-state index >= 15 is 0 Å². The molecule has 1 aromatic carbocycles. The van der Waals surface area contributed by atoms with Gasteiger partial charge < -0.3 is 10.4 Å². The van der Waals surface area contributed by atoms with Crippen molar-refractivity contribution in [3.63, 3.8) is 0 Å². The molecular weight excluding hydrogens is 243 g/mol. The first-order chi connectivity index (χ1) is 8.49. The van der Waals surface area contributed by atoms with E-state index in [1.807, 2.05) is 5.32 Å². The number of nitrogens with one attached hydrogen (secondary N) is 2. The topological polar surface area (TPSA) is 95.5 Å². The summed E-state index contributed by atoms with van der Waals surface area (Å²) in [6.07, 6.45) is -0.696. The molecule has 18 heavy (non-hydrogen) atoms. The van der Waals surface area contributed by atoms with Gasteiger partial charge in [0.05, 0.1) is 12.1 Å². The van der Waals surface area contributed by atoms with Crippen LogP contribution < -0.4 is 10.6 Å². The fourth-order valence-corrected chi connectivity index (χ4v) is 1.13. The van der Waals surface area contributed by atoms with Crippen LogP contribution in [0.2, 0.25) is 0 Å². The zero-order valence-electron chi connectivity index (χ0n) is 9.27. The van der Waals surface area contributed by atoms with E-state index in [2.05, 4.69) is 5.32 Å². The summed E-state index contributed by atoms with van der Waals surface area (Å²) in [5, 5.41) is 12.4. The van der Waals surface area contributed by atoms with Gasteiger partial charge in [0.15, 0.2) is 0 Å². The second-order valence-electron chi connectivity index (χ2n) is 3.38. The normalized spacial score (nSPS) is 9.61. The average Bonchev–Trinajstić information content (AvgIpc) is 2.29. The van der Waals surface area contributed by atoms with Gasteiger partial charge in [0.1, 0.15) is 5.82 Å². The van der Waals surface area contributed by atoms with E-state index in [4.69, 9.17) is 5.11 Å². The second-order valence-corrected chi connectivity index (χ2v) is 3.38. The van der Waals surface area contributed by atoms with Crippen molar-refractivity contribution in [2.24, 2.45) is 0 Å². The number of aliphatic carboxylic acids is 1. The number of rotatable bonds is 4. The molecular formula is C11H11FN2O4. The van der Waals surface area contributed by atoms with Crippen LogP contribution in [0.4, 0.5) is 14.9 Å². The summed E-state index contributed by atoms with van der Waals surface area (Å²) in [6.45, 7) is 0. The number of carbonyl (C=O) groups is 3. The first-order valence-electron chi connectivity index (χ1n) is 5.06. The SMILES string of the molecule is O=C(O)CCC(=O)NC(=O)Nc1ccccc1F. The molecule has 0 aliphatic rings. The van der Waals surface area contributed by atoms with E-state index in [1.165, 1.54) is 18.2 Å². The van der Waals surface area contributed by atoms with Crippen LogP contribution >= 0.6 is 0 Å². The molecule has 0 saturated carbocycles. The van der Waals surface area contributed by atoms with Crippen LogP contribution in [0.15, 0.2) is 24.3 Å². The molecule has 3 N–H and O–H groups in total.